The number of nitrogens with zero attached hydrogens (tertiary/aromatic N) is 1. The predicted octanol–water partition coefficient (Wildman–Crippen LogP) is 3.91. The van der Waals surface area contributed by atoms with E-state index in [0.717, 1.165) is 32.9 Å². The van der Waals surface area contributed by atoms with Crippen molar-refractivity contribution in [3.05, 3.63) is 58.8 Å². The first-order valence-electron chi connectivity index (χ1n) is 9.54. The second-order valence-corrected chi connectivity index (χ2v) is 9.54. The van der Waals surface area contributed by atoms with Crippen molar-refractivity contribution < 1.29 is 23.2 Å². The van der Waals surface area contributed by atoms with E-state index in [1.54, 1.807) is 30.6 Å². The standard InChI is InChI=1S/C22H24N2O5S2/c1-24(26)21(25)5-3-4-20-22(16-6-10-17(29-2)11-7-16)19(14-30-20)15-8-12-18(13-9-15)31(23,27)28/h6-14,26H,3-5H2,1-2H3,(H2,23,27,28). The number of carbonyl (C=O) groups is 1. The number of hydrogen-bond acceptors (Lipinski definition) is 6. The van der Waals surface area contributed by atoms with Gasteiger partial charge >= 0.3 is 0 Å². The number of amides is 1. The van der Waals surface area contributed by atoms with E-state index in [1.165, 1.54) is 19.2 Å². The summed E-state index contributed by atoms with van der Waals surface area (Å²) >= 11 is 1.58. The van der Waals surface area contributed by atoms with Gasteiger partial charge in [-0.2, -0.15) is 0 Å². The van der Waals surface area contributed by atoms with Crippen LogP contribution in [0.25, 0.3) is 22.3 Å². The third-order valence-corrected chi connectivity index (χ3v) is 6.87. The summed E-state index contributed by atoms with van der Waals surface area (Å²) in [7, 11) is -0.833. The lowest BCUT2D eigenvalue weighted by atomic mass is 9.95. The number of hydroxylamine groups is 2. The van der Waals surface area contributed by atoms with Crippen molar-refractivity contribution >= 4 is 27.3 Å². The van der Waals surface area contributed by atoms with Gasteiger partial charge in [0.25, 0.3) is 0 Å². The summed E-state index contributed by atoms with van der Waals surface area (Å²) in [6.07, 6.45) is 1.50. The molecular weight excluding hydrogens is 436 g/mol. The summed E-state index contributed by atoms with van der Waals surface area (Å²) in [6.45, 7) is 0. The van der Waals surface area contributed by atoms with Gasteiger partial charge in [0, 0.05) is 29.5 Å². The maximum absolute atomic E-state index is 11.7. The lowest BCUT2D eigenvalue weighted by Gasteiger charge is -2.11. The number of primary sulfonamides is 1. The fraction of sp³-hybridized carbons (Fsp3) is 0.227. The van der Waals surface area contributed by atoms with Gasteiger partial charge in [-0.3, -0.25) is 10.0 Å². The molecule has 0 saturated carbocycles. The fourth-order valence-corrected chi connectivity index (χ4v) is 4.89. The van der Waals surface area contributed by atoms with Crippen LogP contribution >= 0.6 is 11.3 Å². The van der Waals surface area contributed by atoms with Crippen molar-refractivity contribution in [1.82, 2.24) is 5.06 Å². The van der Waals surface area contributed by atoms with E-state index in [1.807, 2.05) is 29.6 Å². The number of rotatable bonds is 8. The summed E-state index contributed by atoms with van der Waals surface area (Å²) in [4.78, 5) is 12.9. The van der Waals surface area contributed by atoms with Crippen LogP contribution in [0.3, 0.4) is 0 Å². The van der Waals surface area contributed by atoms with Crippen molar-refractivity contribution in [3.63, 3.8) is 0 Å². The number of sulfonamides is 1. The third kappa shape index (κ3) is 5.50. The minimum absolute atomic E-state index is 0.0596. The van der Waals surface area contributed by atoms with E-state index in [9.17, 15) is 18.4 Å². The second kappa shape index (κ2) is 9.61. The number of ether oxygens (including phenoxy) is 1. The predicted molar refractivity (Wildman–Crippen MR) is 121 cm³/mol. The van der Waals surface area contributed by atoms with E-state index >= 15 is 0 Å². The van der Waals surface area contributed by atoms with Gasteiger partial charge in [0.1, 0.15) is 5.75 Å². The molecule has 0 saturated heterocycles. The molecule has 1 amide bonds. The van der Waals surface area contributed by atoms with Gasteiger partial charge in [0.2, 0.25) is 15.9 Å². The molecule has 3 N–H and O–H groups in total. The van der Waals surface area contributed by atoms with E-state index in [0.29, 0.717) is 17.9 Å². The van der Waals surface area contributed by atoms with Crippen LogP contribution in [-0.2, 0) is 21.2 Å². The number of methoxy groups -OCH3 is 1. The molecule has 0 atom stereocenters. The van der Waals surface area contributed by atoms with Crippen LogP contribution in [0.15, 0.2) is 58.8 Å². The second-order valence-electron chi connectivity index (χ2n) is 7.02. The van der Waals surface area contributed by atoms with Gasteiger partial charge in [0.15, 0.2) is 0 Å². The van der Waals surface area contributed by atoms with E-state index in [4.69, 9.17) is 9.88 Å². The molecule has 2 aromatic carbocycles. The zero-order valence-electron chi connectivity index (χ0n) is 17.2. The molecule has 0 spiro atoms. The Balaban J connectivity index is 1.98. The molecule has 3 aromatic rings. The number of thiophene rings is 1. The molecule has 1 heterocycles. The molecule has 0 radical (unpaired) electrons. The molecule has 164 valence electrons. The average molecular weight is 461 g/mol. The number of aryl methyl sites for hydroxylation is 1. The van der Waals surface area contributed by atoms with Gasteiger partial charge in [0.05, 0.1) is 12.0 Å². The molecule has 3 rings (SSSR count). The fourth-order valence-electron chi connectivity index (χ4n) is 3.25. The summed E-state index contributed by atoms with van der Waals surface area (Å²) in [6, 6.07) is 14.2. The van der Waals surface area contributed by atoms with E-state index < -0.39 is 10.0 Å². The molecule has 0 aliphatic rings. The number of benzene rings is 2. The average Bonchev–Trinajstić information content (AvgIpc) is 3.17. The zero-order valence-corrected chi connectivity index (χ0v) is 18.9. The Kier molecular flexibility index (Phi) is 7.11. The Hall–Kier alpha value is -2.72. The van der Waals surface area contributed by atoms with E-state index in [-0.39, 0.29) is 17.2 Å². The smallest absolute Gasteiger partial charge is 0.245 e. The van der Waals surface area contributed by atoms with Crippen molar-refractivity contribution in [3.8, 4) is 28.0 Å². The van der Waals surface area contributed by atoms with Gasteiger partial charge in [-0.1, -0.05) is 24.3 Å². The van der Waals surface area contributed by atoms with Crippen molar-refractivity contribution in [2.75, 3.05) is 14.2 Å². The topological polar surface area (TPSA) is 110 Å². The molecular formula is C22H24N2O5S2. The molecule has 31 heavy (non-hydrogen) atoms. The van der Waals surface area contributed by atoms with Crippen molar-refractivity contribution in [2.45, 2.75) is 24.2 Å². The highest BCUT2D eigenvalue weighted by Gasteiger charge is 2.17. The van der Waals surface area contributed by atoms with Gasteiger partial charge < -0.3 is 4.74 Å². The van der Waals surface area contributed by atoms with Crippen LogP contribution in [0.5, 0.6) is 5.75 Å². The van der Waals surface area contributed by atoms with Crippen LogP contribution < -0.4 is 9.88 Å². The van der Waals surface area contributed by atoms with E-state index in [2.05, 4.69) is 0 Å². The number of nitrogens with two attached hydrogens (primary N) is 1. The largest absolute Gasteiger partial charge is 0.497 e. The van der Waals surface area contributed by atoms with Gasteiger partial charge in [-0.05, 0) is 53.6 Å². The molecule has 7 nitrogen and oxygen atoms in total. The highest BCUT2D eigenvalue weighted by molar-refractivity contribution is 7.89. The van der Waals surface area contributed by atoms with Crippen LogP contribution in [0.1, 0.15) is 17.7 Å². The first-order valence-corrected chi connectivity index (χ1v) is 12.0. The minimum Gasteiger partial charge on any atom is -0.497 e. The Morgan fingerprint density at radius 2 is 1.71 bits per heavy atom. The van der Waals surface area contributed by atoms with Gasteiger partial charge in [-0.15, -0.1) is 11.3 Å². The molecule has 1 aromatic heterocycles. The Bertz CT molecular complexity index is 1150. The molecule has 0 aliphatic heterocycles. The maximum atomic E-state index is 11.7. The van der Waals surface area contributed by atoms with Crippen LogP contribution in [0.2, 0.25) is 0 Å². The minimum atomic E-state index is -3.76. The van der Waals surface area contributed by atoms with Crippen LogP contribution in [-0.4, -0.2) is 38.8 Å². The van der Waals surface area contributed by atoms with Crippen LogP contribution in [0.4, 0.5) is 0 Å². The molecule has 0 unspecified atom stereocenters. The molecule has 0 fully saturated rings. The summed E-state index contributed by atoms with van der Waals surface area (Å²) in [5, 5.41) is 17.1. The first kappa shape index (κ1) is 23.0. The number of hydrogen-bond donors (Lipinski definition) is 2. The van der Waals surface area contributed by atoms with Crippen LogP contribution in [0, 0.1) is 0 Å². The summed E-state index contributed by atoms with van der Waals surface area (Å²) in [5.41, 5.74) is 3.86. The SMILES string of the molecule is COc1ccc(-c2c(-c3ccc(S(N)(=O)=O)cc3)csc2CCCC(=O)N(C)O)cc1. The monoisotopic (exact) mass is 460 g/mol. The maximum Gasteiger partial charge on any atom is 0.245 e. The lowest BCUT2D eigenvalue weighted by Crippen LogP contribution is -2.22. The molecule has 9 heteroatoms. The zero-order chi connectivity index (χ0) is 22.6. The molecule has 0 aliphatic carbocycles. The van der Waals surface area contributed by atoms with Gasteiger partial charge in [-0.25, -0.2) is 18.6 Å². The molecule has 0 bridgehead atoms. The Morgan fingerprint density at radius 1 is 1.10 bits per heavy atom. The Morgan fingerprint density at radius 3 is 2.26 bits per heavy atom. The Labute approximate surface area is 185 Å². The first-order chi connectivity index (χ1) is 14.7. The highest BCUT2D eigenvalue weighted by atomic mass is 32.2. The highest BCUT2D eigenvalue weighted by Crippen LogP contribution is 2.40. The summed E-state index contributed by atoms with van der Waals surface area (Å²) in [5.74, 6) is 0.414. The lowest BCUT2D eigenvalue weighted by molar-refractivity contribution is -0.159. The normalized spacial score (nSPS) is 11.4. The van der Waals surface area contributed by atoms with Crippen molar-refractivity contribution in [1.29, 1.82) is 0 Å². The number of carbonyl (C=O) groups excluding carboxylic acids is 1. The van der Waals surface area contributed by atoms with Crippen molar-refractivity contribution in [2.24, 2.45) is 5.14 Å². The summed E-state index contributed by atoms with van der Waals surface area (Å²) < 4.78 is 28.4. The quantitative estimate of drug-likeness (QED) is 0.391. The third-order valence-electron chi connectivity index (χ3n) is 4.90.